The number of halogens is 2. The van der Waals surface area contributed by atoms with Gasteiger partial charge in [-0.1, -0.05) is 73.6 Å². The molecule has 1 fully saturated rings. The molecule has 0 aliphatic heterocycles. The number of carboxylic acid groups (broad SMARTS) is 1. The second-order valence-electron chi connectivity index (χ2n) is 8.84. The van der Waals surface area contributed by atoms with Crippen LogP contribution in [0.5, 0.6) is 0 Å². The van der Waals surface area contributed by atoms with Crippen LogP contribution in [-0.4, -0.2) is 40.0 Å². The van der Waals surface area contributed by atoms with Crippen molar-refractivity contribution in [3.05, 3.63) is 69.9 Å². The van der Waals surface area contributed by atoms with E-state index < -0.39 is 17.9 Å². The first-order chi connectivity index (χ1) is 17.2. The summed E-state index contributed by atoms with van der Waals surface area (Å²) in [6, 6.07) is 4.02. The van der Waals surface area contributed by atoms with Crippen LogP contribution in [0.2, 0.25) is 10.0 Å². The van der Waals surface area contributed by atoms with Gasteiger partial charge in [-0.05, 0) is 67.9 Å². The van der Waals surface area contributed by atoms with Crippen molar-refractivity contribution in [1.29, 1.82) is 0 Å². The lowest BCUT2D eigenvalue weighted by atomic mass is 9.66. The molecule has 1 atom stereocenters. The van der Waals surface area contributed by atoms with Gasteiger partial charge in [-0.3, -0.25) is 4.79 Å². The molecule has 5 nitrogen and oxygen atoms in total. The number of hydrogen-bond donors (Lipinski definition) is 3. The smallest absolute Gasteiger partial charge is 0.326 e. The third-order valence-electron chi connectivity index (χ3n) is 6.44. The molecule has 1 amide bonds. The Kier molecular flexibility index (Phi) is 12.5. The standard InChI is InChI=1S/C27H34Cl2N2O3S2/c1-4-18(11-12-19(5-2)30-24(32)23-20(28)9-6-10-21(23)29)17-22(25(33)34)31-26(35)27(13-7-14-27)15-8-16-36-3/h4,6,9-12,22H,1,5,7-8,13-17H2,2-3H3,(H,30,32)(H,31,35)(H,33,34). The topological polar surface area (TPSA) is 78.4 Å². The summed E-state index contributed by atoms with van der Waals surface area (Å²) in [4.78, 5) is 25.4. The number of allylic oxidation sites excluding steroid dienone is 4. The van der Waals surface area contributed by atoms with E-state index in [2.05, 4.69) is 23.5 Å². The molecule has 0 aromatic heterocycles. The van der Waals surface area contributed by atoms with E-state index in [-0.39, 0.29) is 27.4 Å². The highest BCUT2D eigenvalue weighted by atomic mass is 35.5. The van der Waals surface area contributed by atoms with Gasteiger partial charge in [-0.2, -0.15) is 11.8 Å². The number of hydrogen-bond acceptors (Lipinski definition) is 4. The number of thioether (sulfide) groups is 1. The lowest BCUT2D eigenvalue weighted by molar-refractivity contribution is -0.139. The summed E-state index contributed by atoms with van der Waals surface area (Å²) < 4.78 is 0. The van der Waals surface area contributed by atoms with Crippen LogP contribution in [0, 0.1) is 5.41 Å². The van der Waals surface area contributed by atoms with E-state index in [1.807, 2.05) is 18.7 Å². The SMILES string of the molecule is C=CC(=CC=C(CC)NC(=O)c1c(Cl)cccc1Cl)CC(NC(=S)C1(CCCSC)CCC1)C(=O)O. The number of amides is 1. The minimum atomic E-state index is -0.968. The lowest BCUT2D eigenvalue weighted by Crippen LogP contribution is -2.50. The molecule has 9 heteroatoms. The van der Waals surface area contributed by atoms with E-state index in [9.17, 15) is 14.7 Å². The van der Waals surface area contributed by atoms with Gasteiger partial charge in [0.25, 0.3) is 5.91 Å². The Hall–Kier alpha value is -1.80. The summed E-state index contributed by atoms with van der Waals surface area (Å²) in [5.74, 6) is -0.304. The molecule has 1 aliphatic rings. The number of carbonyl (C=O) groups is 2. The molecule has 1 saturated carbocycles. The molecule has 0 bridgehead atoms. The molecule has 1 aromatic rings. The second kappa shape index (κ2) is 14.8. The first-order valence-electron chi connectivity index (χ1n) is 12.0. The Labute approximate surface area is 233 Å². The average molecular weight is 570 g/mol. The molecular weight excluding hydrogens is 535 g/mol. The summed E-state index contributed by atoms with van der Waals surface area (Å²) in [7, 11) is 0. The van der Waals surface area contributed by atoms with Gasteiger partial charge in [-0.25, -0.2) is 4.79 Å². The van der Waals surface area contributed by atoms with Crippen molar-refractivity contribution in [3.63, 3.8) is 0 Å². The zero-order chi connectivity index (χ0) is 26.7. The summed E-state index contributed by atoms with van der Waals surface area (Å²) in [5, 5.41) is 16.4. The monoisotopic (exact) mass is 568 g/mol. The zero-order valence-electron chi connectivity index (χ0n) is 20.7. The number of thiocarbonyl (C=S) groups is 1. The molecule has 196 valence electrons. The van der Waals surface area contributed by atoms with Gasteiger partial charge in [0.05, 0.1) is 20.6 Å². The van der Waals surface area contributed by atoms with E-state index in [0.717, 1.165) is 37.9 Å². The Morgan fingerprint density at radius 2 is 1.94 bits per heavy atom. The highest BCUT2D eigenvalue weighted by molar-refractivity contribution is 7.98. The quantitative estimate of drug-likeness (QED) is 0.125. The highest BCUT2D eigenvalue weighted by Crippen LogP contribution is 2.46. The number of nitrogens with one attached hydrogen (secondary N) is 2. The minimum absolute atomic E-state index is 0.0869. The third kappa shape index (κ3) is 8.37. The number of carboxylic acids is 1. The van der Waals surface area contributed by atoms with Crippen molar-refractivity contribution < 1.29 is 14.7 Å². The molecule has 0 radical (unpaired) electrons. The third-order valence-corrected chi connectivity index (χ3v) is 8.32. The maximum Gasteiger partial charge on any atom is 0.326 e. The first kappa shape index (κ1) is 30.4. The number of aliphatic carboxylic acids is 1. The Bertz CT molecular complexity index is 1020. The molecule has 3 N–H and O–H groups in total. The van der Waals surface area contributed by atoms with Crippen molar-refractivity contribution >= 4 is 64.0 Å². The predicted molar refractivity (Wildman–Crippen MR) is 156 cm³/mol. The van der Waals surface area contributed by atoms with Crippen LogP contribution in [0.1, 0.15) is 62.2 Å². The maximum absolute atomic E-state index is 12.7. The predicted octanol–water partition coefficient (Wildman–Crippen LogP) is 7.20. The fourth-order valence-electron chi connectivity index (χ4n) is 4.09. The van der Waals surface area contributed by atoms with Crippen LogP contribution in [0.25, 0.3) is 0 Å². The fourth-order valence-corrected chi connectivity index (χ4v) is 5.54. The molecular formula is C27H34Cl2N2O3S2. The summed E-state index contributed by atoms with van der Waals surface area (Å²) in [5.41, 5.74) is 1.46. The van der Waals surface area contributed by atoms with E-state index in [1.54, 1.807) is 36.4 Å². The molecule has 1 aliphatic carbocycles. The molecule has 0 heterocycles. The Morgan fingerprint density at radius 1 is 1.28 bits per heavy atom. The van der Waals surface area contributed by atoms with Crippen molar-refractivity contribution in [2.24, 2.45) is 5.41 Å². The van der Waals surface area contributed by atoms with Crippen LogP contribution >= 0.6 is 47.2 Å². The molecule has 0 saturated heterocycles. The highest BCUT2D eigenvalue weighted by Gasteiger charge is 2.41. The van der Waals surface area contributed by atoms with Gasteiger partial charge in [0.2, 0.25) is 0 Å². The van der Waals surface area contributed by atoms with E-state index in [4.69, 9.17) is 35.4 Å². The summed E-state index contributed by atoms with van der Waals surface area (Å²) in [6.45, 7) is 5.74. The maximum atomic E-state index is 12.7. The molecule has 2 rings (SSSR count). The van der Waals surface area contributed by atoms with Crippen molar-refractivity contribution in [1.82, 2.24) is 10.6 Å². The van der Waals surface area contributed by atoms with Gasteiger partial charge >= 0.3 is 5.97 Å². The average Bonchev–Trinajstić information content (AvgIpc) is 2.81. The van der Waals surface area contributed by atoms with E-state index in [1.165, 1.54) is 0 Å². The second-order valence-corrected chi connectivity index (χ2v) is 11.0. The Balaban J connectivity index is 2.12. The lowest BCUT2D eigenvalue weighted by Gasteiger charge is -2.43. The minimum Gasteiger partial charge on any atom is -0.480 e. The normalized spacial score (nSPS) is 16.0. The number of rotatable bonds is 14. The largest absolute Gasteiger partial charge is 0.480 e. The van der Waals surface area contributed by atoms with Gasteiger partial charge in [0.1, 0.15) is 6.04 Å². The molecule has 1 aromatic carbocycles. The van der Waals surface area contributed by atoms with Crippen LogP contribution in [0.3, 0.4) is 0 Å². The first-order valence-corrected chi connectivity index (χ1v) is 14.5. The van der Waals surface area contributed by atoms with Gasteiger partial charge in [-0.15, -0.1) is 0 Å². The van der Waals surface area contributed by atoms with Crippen LogP contribution in [0.4, 0.5) is 0 Å². The fraction of sp³-hybridized carbons (Fsp3) is 0.444. The Morgan fingerprint density at radius 3 is 2.44 bits per heavy atom. The number of benzene rings is 1. The summed E-state index contributed by atoms with van der Waals surface area (Å²) in [6.07, 6.45) is 13.1. The van der Waals surface area contributed by atoms with Gasteiger partial charge in [0, 0.05) is 17.5 Å². The van der Waals surface area contributed by atoms with Crippen LogP contribution < -0.4 is 10.6 Å². The van der Waals surface area contributed by atoms with E-state index >= 15 is 0 Å². The molecule has 36 heavy (non-hydrogen) atoms. The molecule has 1 unspecified atom stereocenters. The van der Waals surface area contributed by atoms with Crippen molar-refractivity contribution in [2.75, 3.05) is 12.0 Å². The summed E-state index contributed by atoms with van der Waals surface area (Å²) >= 11 is 19.8. The van der Waals surface area contributed by atoms with Crippen LogP contribution in [-0.2, 0) is 4.79 Å². The van der Waals surface area contributed by atoms with Crippen molar-refractivity contribution in [2.45, 2.75) is 57.9 Å². The van der Waals surface area contributed by atoms with Gasteiger partial charge in [0.15, 0.2) is 0 Å². The van der Waals surface area contributed by atoms with Crippen molar-refractivity contribution in [3.8, 4) is 0 Å². The van der Waals surface area contributed by atoms with Crippen LogP contribution in [0.15, 0.2) is 54.3 Å². The zero-order valence-corrected chi connectivity index (χ0v) is 23.9. The van der Waals surface area contributed by atoms with E-state index in [0.29, 0.717) is 22.7 Å². The van der Waals surface area contributed by atoms with Gasteiger partial charge < -0.3 is 15.7 Å². The number of carbonyl (C=O) groups excluding carboxylic acids is 1. The molecule has 0 spiro atoms.